The topological polar surface area (TPSA) is 85.3 Å². The van der Waals surface area contributed by atoms with Crippen LogP contribution in [0.4, 0.5) is 5.69 Å². The van der Waals surface area contributed by atoms with Gasteiger partial charge in [-0.25, -0.2) is 4.79 Å². The molecule has 4 aromatic rings. The lowest BCUT2D eigenvalue weighted by Crippen LogP contribution is -2.14. The molecule has 0 radical (unpaired) electrons. The molecule has 24 heavy (non-hydrogen) atoms. The highest BCUT2D eigenvalue weighted by molar-refractivity contribution is 5.96. The summed E-state index contributed by atoms with van der Waals surface area (Å²) in [6.45, 7) is 0. The summed E-state index contributed by atoms with van der Waals surface area (Å²) in [7, 11) is 0. The zero-order valence-electron chi connectivity index (χ0n) is 12.5. The molecule has 0 saturated carbocycles. The van der Waals surface area contributed by atoms with Gasteiger partial charge in [0.25, 0.3) is 0 Å². The van der Waals surface area contributed by atoms with Crippen LogP contribution >= 0.6 is 0 Å². The molecule has 0 saturated heterocycles. The summed E-state index contributed by atoms with van der Waals surface area (Å²) in [6, 6.07) is 15.5. The molecule has 2 aromatic heterocycles. The molecule has 0 atom stereocenters. The Morgan fingerprint density at radius 3 is 2.83 bits per heavy atom. The van der Waals surface area contributed by atoms with E-state index in [1.807, 2.05) is 18.2 Å². The van der Waals surface area contributed by atoms with Crippen LogP contribution in [0.5, 0.6) is 0 Å². The number of rotatable bonds is 3. The second-order valence-electron chi connectivity index (χ2n) is 5.36. The lowest BCUT2D eigenvalue weighted by Gasteiger charge is -2.05. The Balaban J connectivity index is 1.55. The summed E-state index contributed by atoms with van der Waals surface area (Å²) in [4.78, 5) is 23.4. The first-order valence-electron chi connectivity index (χ1n) is 7.36. The van der Waals surface area contributed by atoms with Gasteiger partial charge in [0.15, 0.2) is 5.58 Å². The Morgan fingerprint density at radius 1 is 1.04 bits per heavy atom. The minimum Gasteiger partial charge on any atom is -0.423 e. The highest BCUT2D eigenvalue weighted by atomic mass is 16.5. The fourth-order valence-electron chi connectivity index (χ4n) is 2.57. The van der Waals surface area contributed by atoms with E-state index in [9.17, 15) is 9.59 Å². The van der Waals surface area contributed by atoms with E-state index in [4.69, 9.17) is 8.94 Å². The molecule has 0 aliphatic heterocycles. The van der Waals surface area contributed by atoms with E-state index in [2.05, 4.69) is 10.5 Å². The lowest BCUT2D eigenvalue weighted by atomic mass is 10.1. The second kappa shape index (κ2) is 5.66. The molecule has 0 fully saturated rings. The number of amides is 1. The van der Waals surface area contributed by atoms with Crippen LogP contribution in [0.15, 0.2) is 68.3 Å². The average molecular weight is 320 g/mol. The smallest absolute Gasteiger partial charge is 0.336 e. The lowest BCUT2D eigenvalue weighted by molar-refractivity contribution is -0.115. The van der Waals surface area contributed by atoms with Gasteiger partial charge in [-0.05, 0) is 36.4 Å². The van der Waals surface area contributed by atoms with E-state index >= 15 is 0 Å². The van der Waals surface area contributed by atoms with E-state index in [0.717, 1.165) is 10.8 Å². The number of carbonyl (C=O) groups is 1. The normalized spacial score (nSPS) is 11.0. The summed E-state index contributed by atoms with van der Waals surface area (Å²) < 4.78 is 10.3. The van der Waals surface area contributed by atoms with Crippen molar-refractivity contribution in [1.82, 2.24) is 5.16 Å². The molecule has 0 aliphatic rings. The van der Waals surface area contributed by atoms with Crippen molar-refractivity contribution >= 4 is 33.5 Å². The van der Waals surface area contributed by atoms with Crippen LogP contribution in [0.2, 0.25) is 0 Å². The molecule has 6 nitrogen and oxygen atoms in total. The standard InChI is InChI=1S/C18H12N2O4/c21-17(10-14-13-3-1-2-4-16(13)24-20-14)19-12-6-7-15-11(9-12)5-8-18(22)23-15/h1-9H,10H2,(H,19,21). The van der Waals surface area contributed by atoms with Crippen molar-refractivity contribution in [2.24, 2.45) is 0 Å². The Labute approximate surface area is 135 Å². The SMILES string of the molecule is O=C(Cc1noc2ccccc12)Nc1ccc2oc(=O)ccc2c1. The maximum absolute atomic E-state index is 12.2. The van der Waals surface area contributed by atoms with E-state index < -0.39 is 5.63 Å². The van der Waals surface area contributed by atoms with Crippen LogP contribution < -0.4 is 10.9 Å². The summed E-state index contributed by atoms with van der Waals surface area (Å²) in [6.07, 6.45) is 0.110. The van der Waals surface area contributed by atoms with Gasteiger partial charge in [-0.2, -0.15) is 0 Å². The first-order valence-corrected chi connectivity index (χ1v) is 7.36. The van der Waals surface area contributed by atoms with Gasteiger partial charge in [0.1, 0.15) is 11.3 Å². The molecule has 2 aromatic carbocycles. The zero-order chi connectivity index (χ0) is 16.5. The minimum atomic E-state index is -0.405. The monoisotopic (exact) mass is 320 g/mol. The van der Waals surface area contributed by atoms with Gasteiger partial charge in [-0.1, -0.05) is 17.3 Å². The van der Waals surface area contributed by atoms with Crippen molar-refractivity contribution in [3.8, 4) is 0 Å². The van der Waals surface area contributed by atoms with Crippen LogP contribution in [0.1, 0.15) is 5.69 Å². The summed E-state index contributed by atoms with van der Waals surface area (Å²) in [5.74, 6) is -0.203. The number of anilines is 1. The number of hydrogen-bond donors (Lipinski definition) is 1. The number of carbonyl (C=O) groups excluding carboxylic acids is 1. The van der Waals surface area contributed by atoms with Crippen LogP contribution in [0.3, 0.4) is 0 Å². The molecule has 0 aliphatic carbocycles. The third-order valence-electron chi connectivity index (χ3n) is 3.68. The molecule has 0 bridgehead atoms. The largest absolute Gasteiger partial charge is 0.423 e. The van der Waals surface area contributed by atoms with Crippen molar-refractivity contribution in [1.29, 1.82) is 0 Å². The molecular weight excluding hydrogens is 308 g/mol. The third-order valence-corrected chi connectivity index (χ3v) is 3.68. The molecule has 0 unspecified atom stereocenters. The van der Waals surface area contributed by atoms with Crippen LogP contribution in [0.25, 0.3) is 21.9 Å². The van der Waals surface area contributed by atoms with Crippen molar-refractivity contribution in [2.45, 2.75) is 6.42 Å². The van der Waals surface area contributed by atoms with E-state index in [-0.39, 0.29) is 12.3 Å². The predicted octanol–water partition coefficient (Wildman–Crippen LogP) is 3.12. The second-order valence-corrected chi connectivity index (χ2v) is 5.36. The van der Waals surface area contributed by atoms with Crippen molar-refractivity contribution < 1.29 is 13.7 Å². The number of fused-ring (bicyclic) bond motifs is 2. The number of nitrogens with zero attached hydrogens (tertiary/aromatic N) is 1. The zero-order valence-corrected chi connectivity index (χ0v) is 12.5. The van der Waals surface area contributed by atoms with Crippen LogP contribution in [0, 0.1) is 0 Å². The first-order chi connectivity index (χ1) is 11.7. The van der Waals surface area contributed by atoms with Crippen molar-refractivity contribution in [3.63, 3.8) is 0 Å². The maximum atomic E-state index is 12.2. The summed E-state index contributed by atoms with van der Waals surface area (Å²) in [5, 5.41) is 8.32. The Bertz CT molecular complexity index is 1110. The molecule has 1 amide bonds. The van der Waals surface area contributed by atoms with E-state index in [1.165, 1.54) is 6.07 Å². The van der Waals surface area contributed by atoms with E-state index in [0.29, 0.717) is 22.5 Å². The number of aromatic nitrogens is 1. The minimum absolute atomic E-state index is 0.110. The fourth-order valence-corrected chi connectivity index (χ4v) is 2.57. The average Bonchev–Trinajstić information content (AvgIpc) is 2.98. The van der Waals surface area contributed by atoms with Gasteiger partial charge in [-0.15, -0.1) is 0 Å². The molecular formula is C18H12N2O4. The van der Waals surface area contributed by atoms with Crippen LogP contribution in [-0.2, 0) is 11.2 Å². The molecule has 118 valence electrons. The molecule has 2 heterocycles. The van der Waals surface area contributed by atoms with Gasteiger partial charge in [0, 0.05) is 22.5 Å². The Morgan fingerprint density at radius 2 is 1.92 bits per heavy atom. The predicted molar refractivity (Wildman–Crippen MR) is 88.8 cm³/mol. The van der Waals surface area contributed by atoms with Gasteiger partial charge >= 0.3 is 5.63 Å². The molecule has 6 heteroatoms. The fraction of sp³-hybridized carbons (Fsp3) is 0.0556. The summed E-state index contributed by atoms with van der Waals surface area (Å²) >= 11 is 0. The summed E-state index contributed by atoms with van der Waals surface area (Å²) in [5.41, 5.74) is 1.94. The molecule has 0 spiro atoms. The highest BCUT2D eigenvalue weighted by Crippen LogP contribution is 2.20. The molecule has 1 N–H and O–H groups in total. The quantitative estimate of drug-likeness (QED) is 0.586. The maximum Gasteiger partial charge on any atom is 0.336 e. The highest BCUT2D eigenvalue weighted by Gasteiger charge is 2.12. The number of hydrogen-bond acceptors (Lipinski definition) is 5. The number of benzene rings is 2. The number of para-hydroxylation sites is 1. The molecule has 4 rings (SSSR count). The van der Waals surface area contributed by atoms with Gasteiger partial charge in [0.05, 0.1) is 6.42 Å². The van der Waals surface area contributed by atoms with Crippen molar-refractivity contribution in [3.05, 3.63) is 70.7 Å². The van der Waals surface area contributed by atoms with Gasteiger partial charge in [-0.3, -0.25) is 4.79 Å². The number of nitrogens with one attached hydrogen (secondary N) is 1. The van der Waals surface area contributed by atoms with Gasteiger partial charge < -0.3 is 14.3 Å². The Hall–Kier alpha value is -3.41. The Kier molecular flexibility index (Phi) is 3.35. The van der Waals surface area contributed by atoms with Crippen molar-refractivity contribution in [2.75, 3.05) is 5.32 Å². The first kappa shape index (κ1) is 14.2. The van der Waals surface area contributed by atoms with Crippen LogP contribution in [-0.4, -0.2) is 11.1 Å². The van der Waals surface area contributed by atoms with E-state index in [1.54, 1.807) is 30.3 Å². The van der Waals surface area contributed by atoms with Gasteiger partial charge in [0.2, 0.25) is 5.91 Å². The third kappa shape index (κ3) is 2.65.